The van der Waals surface area contributed by atoms with Gasteiger partial charge in [0.15, 0.2) is 0 Å². The molecule has 1 unspecified atom stereocenters. The van der Waals surface area contributed by atoms with Crippen molar-refractivity contribution in [3.05, 3.63) is 36.0 Å². The fourth-order valence-corrected chi connectivity index (χ4v) is 2.23. The monoisotopic (exact) mass is 229 g/mol. The molecule has 0 aromatic carbocycles. The minimum Gasteiger partial charge on any atom is -0.365 e. The van der Waals surface area contributed by atoms with E-state index in [1.165, 1.54) is 5.69 Å². The topological polar surface area (TPSA) is 55.6 Å². The van der Waals surface area contributed by atoms with E-state index in [-0.39, 0.29) is 0 Å². The number of rotatable bonds is 2. The van der Waals surface area contributed by atoms with Crippen molar-refractivity contribution in [1.82, 2.24) is 19.7 Å². The van der Waals surface area contributed by atoms with Gasteiger partial charge in [0.05, 0.1) is 5.69 Å². The zero-order chi connectivity index (χ0) is 11.7. The summed E-state index contributed by atoms with van der Waals surface area (Å²) in [4.78, 5) is 8.56. The molecule has 88 valence electrons. The summed E-state index contributed by atoms with van der Waals surface area (Å²) >= 11 is 0. The van der Waals surface area contributed by atoms with Crippen LogP contribution in [-0.2, 0) is 13.0 Å². The van der Waals surface area contributed by atoms with E-state index in [9.17, 15) is 0 Å². The Morgan fingerprint density at radius 2 is 2.18 bits per heavy atom. The summed E-state index contributed by atoms with van der Waals surface area (Å²) in [7, 11) is 0. The lowest BCUT2D eigenvalue weighted by atomic mass is 10.0. The average Bonchev–Trinajstić information content (AvgIpc) is 2.79. The fourth-order valence-electron chi connectivity index (χ4n) is 2.23. The Bertz CT molecular complexity index is 519. The third kappa shape index (κ3) is 2.00. The van der Waals surface area contributed by atoms with Crippen molar-refractivity contribution in [3.63, 3.8) is 0 Å². The van der Waals surface area contributed by atoms with Crippen molar-refractivity contribution in [2.45, 2.75) is 32.4 Å². The van der Waals surface area contributed by atoms with Crippen LogP contribution in [-0.4, -0.2) is 25.8 Å². The van der Waals surface area contributed by atoms with Gasteiger partial charge in [0.2, 0.25) is 0 Å². The maximum atomic E-state index is 4.32. The van der Waals surface area contributed by atoms with Crippen LogP contribution in [0.25, 0.3) is 0 Å². The minimum atomic E-state index is 0.426. The Hall–Kier alpha value is -1.91. The molecule has 1 aliphatic heterocycles. The standard InChI is InChI=1S/C12H15N5/c1-9-12(14-6-5-13-9)16-10-3-7-17-11(8-10)2-4-15-17/h2,4-6,10H,3,7-8H2,1H3,(H,14,16). The van der Waals surface area contributed by atoms with E-state index in [1.807, 2.05) is 13.1 Å². The Morgan fingerprint density at radius 1 is 1.29 bits per heavy atom. The molecule has 0 bridgehead atoms. The first-order valence-electron chi connectivity index (χ1n) is 5.88. The lowest BCUT2D eigenvalue weighted by Gasteiger charge is -2.25. The number of aryl methyl sites for hydroxylation is 2. The molecule has 3 heterocycles. The predicted octanol–water partition coefficient (Wildman–Crippen LogP) is 1.41. The number of nitrogens with one attached hydrogen (secondary N) is 1. The quantitative estimate of drug-likeness (QED) is 0.846. The van der Waals surface area contributed by atoms with Crippen molar-refractivity contribution in [1.29, 1.82) is 0 Å². The molecule has 2 aromatic rings. The van der Waals surface area contributed by atoms with Gasteiger partial charge in [0.1, 0.15) is 5.82 Å². The Balaban J connectivity index is 1.74. The second kappa shape index (κ2) is 4.16. The van der Waals surface area contributed by atoms with Gasteiger partial charge in [-0.1, -0.05) is 0 Å². The molecule has 0 radical (unpaired) electrons. The van der Waals surface area contributed by atoms with Gasteiger partial charge in [-0.05, 0) is 19.4 Å². The van der Waals surface area contributed by atoms with Crippen LogP contribution in [0.3, 0.4) is 0 Å². The Labute approximate surface area is 99.9 Å². The van der Waals surface area contributed by atoms with Crippen molar-refractivity contribution in [2.75, 3.05) is 5.32 Å². The van der Waals surface area contributed by atoms with Gasteiger partial charge in [-0.25, -0.2) is 4.98 Å². The molecule has 0 aliphatic carbocycles. The summed E-state index contributed by atoms with van der Waals surface area (Å²) in [6, 6.07) is 2.51. The molecule has 17 heavy (non-hydrogen) atoms. The molecular weight excluding hydrogens is 214 g/mol. The number of anilines is 1. The van der Waals surface area contributed by atoms with Gasteiger partial charge in [0.25, 0.3) is 0 Å². The summed E-state index contributed by atoms with van der Waals surface area (Å²) in [6.07, 6.45) is 7.38. The van der Waals surface area contributed by atoms with Crippen LogP contribution in [0.1, 0.15) is 17.8 Å². The third-order valence-electron chi connectivity index (χ3n) is 3.17. The van der Waals surface area contributed by atoms with E-state index in [2.05, 4.69) is 31.1 Å². The smallest absolute Gasteiger partial charge is 0.147 e. The third-order valence-corrected chi connectivity index (χ3v) is 3.17. The highest BCUT2D eigenvalue weighted by atomic mass is 15.3. The molecule has 0 fully saturated rings. The van der Waals surface area contributed by atoms with E-state index >= 15 is 0 Å². The largest absolute Gasteiger partial charge is 0.365 e. The van der Waals surface area contributed by atoms with Crippen LogP contribution in [0.4, 0.5) is 5.82 Å². The van der Waals surface area contributed by atoms with Crippen molar-refractivity contribution in [3.8, 4) is 0 Å². The van der Waals surface area contributed by atoms with Gasteiger partial charge in [0, 0.05) is 43.3 Å². The van der Waals surface area contributed by atoms with Crippen LogP contribution in [0.2, 0.25) is 0 Å². The van der Waals surface area contributed by atoms with Gasteiger partial charge in [-0.2, -0.15) is 5.10 Å². The minimum absolute atomic E-state index is 0.426. The van der Waals surface area contributed by atoms with Gasteiger partial charge >= 0.3 is 0 Å². The Kier molecular flexibility index (Phi) is 2.51. The van der Waals surface area contributed by atoms with E-state index in [0.29, 0.717) is 6.04 Å². The fraction of sp³-hybridized carbons (Fsp3) is 0.417. The molecule has 3 rings (SSSR count). The van der Waals surface area contributed by atoms with E-state index in [4.69, 9.17) is 0 Å². The SMILES string of the molecule is Cc1nccnc1NC1CCn2nccc2C1. The first-order chi connectivity index (χ1) is 8.33. The maximum Gasteiger partial charge on any atom is 0.147 e. The van der Waals surface area contributed by atoms with Gasteiger partial charge in [-0.15, -0.1) is 0 Å². The van der Waals surface area contributed by atoms with E-state index in [1.54, 1.807) is 12.4 Å². The molecule has 0 spiro atoms. The number of fused-ring (bicyclic) bond motifs is 1. The molecular formula is C12H15N5. The van der Waals surface area contributed by atoms with Crippen LogP contribution >= 0.6 is 0 Å². The molecule has 5 heteroatoms. The van der Waals surface area contributed by atoms with E-state index < -0.39 is 0 Å². The zero-order valence-electron chi connectivity index (χ0n) is 9.80. The molecule has 2 aromatic heterocycles. The second-order valence-electron chi connectivity index (χ2n) is 4.37. The molecule has 1 atom stereocenters. The number of hydrogen-bond donors (Lipinski definition) is 1. The van der Waals surface area contributed by atoms with Crippen LogP contribution in [0.15, 0.2) is 24.7 Å². The molecule has 0 saturated heterocycles. The number of aromatic nitrogens is 4. The lowest BCUT2D eigenvalue weighted by molar-refractivity contribution is 0.454. The summed E-state index contributed by atoms with van der Waals surface area (Å²) in [5.74, 6) is 0.894. The van der Waals surface area contributed by atoms with Crippen LogP contribution in [0, 0.1) is 6.92 Å². The molecule has 5 nitrogen and oxygen atoms in total. The first kappa shape index (κ1) is 10.3. The highest BCUT2D eigenvalue weighted by Crippen LogP contribution is 2.18. The van der Waals surface area contributed by atoms with Crippen molar-refractivity contribution >= 4 is 5.82 Å². The summed E-state index contributed by atoms with van der Waals surface area (Å²) in [5, 5.41) is 7.74. The summed E-state index contributed by atoms with van der Waals surface area (Å²) < 4.78 is 2.07. The lowest BCUT2D eigenvalue weighted by Crippen LogP contribution is -2.31. The summed E-state index contributed by atoms with van der Waals surface area (Å²) in [5.41, 5.74) is 2.24. The first-order valence-corrected chi connectivity index (χ1v) is 5.88. The average molecular weight is 229 g/mol. The normalized spacial score (nSPS) is 18.8. The van der Waals surface area contributed by atoms with E-state index in [0.717, 1.165) is 30.9 Å². The number of hydrogen-bond acceptors (Lipinski definition) is 4. The Morgan fingerprint density at radius 3 is 3.06 bits per heavy atom. The van der Waals surface area contributed by atoms with Gasteiger partial charge in [-0.3, -0.25) is 9.67 Å². The maximum absolute atomic E-state index is 4.32. The van der Waals surface area contributed by atoms with Crippen LogP contribution in [0.5, 0.6) is 0 Å². The van der Waals surface area contributed by atoms with Crippen molar-refractivity contribution < 1.29 is 0 Å². The highest BCUT2D eigenvalue weighted by molar-refractivity contribution is 5.39. The van der Waals surface area contributed by atoms with Crippen LogP contribution < -0.4 is 5.32 Å². The molecule has 0 amide bonds. The zero-order valence-corrected chi connectivity index (χ0v) is 9.80. The predicted molar refractivity (Wildman–Crippen MR) is 64.7 cm³/mol. The number of nitrogens with zero attached hydrogens (tertiary/aromatic N) is 4. The molecule has 0 saturated carbocycles. The van der Waals surface area contributed by atoms with Gasteiger partial charge < -0.3 is 5.32 Å². The van der Waals surface area contributed by atoms with Crippen molar-refractivity contribution in [2.24, 2.45) is 0 Å². The molecule has 1 aliphatic rings. The summed E-state index contributed by atoms with van der Waals surface area (Å²) in [6.45, 7) is 2.95. The molecule has 1 N–H and O–H groups in total. The second-order valence-corrected chi connectivity index (χ2v) is 4.37. The highest BCUT2D eigenvalue weighted by Gasteiger charge is 2.19.